The first-order valence-corrected chi connectivity index (χ1v) is 8.80. The summed E-state index contributed by atoms with van der Waals surface area (Å²) in [6, 6.07) is 11.3. The van der Waals surface area contributed by atoms with E-state index in [0.29, 0.717) is 17.2 Å². The van der Waals surface area contributed by atoms with Crippen molar-refractivity contribution in [1.82, 2.24) is 15.2 Å². The second kappa shape index (κ2) is 10.7. The van der Waals surface area contributed by atoms with Crippen molar-refractivity contribution < 1.29 is 9.53 Å². The molecular formula is C18H22BrCl2N3O2. The highest BCUT2D eigenvalue weighted by Crippen LogP contribution is 2.23. The highest BCUT2D eigenvalue weighted by Gasteiger charge is 2.23. The quantitative estimate of drug-likeness (QED) is 0.735. The predicted octanol–water partition coefficient (Wildman–Crippen LogP) is 4.30. The first-order chi connectivity index (χ1) is 11.6. The van der Waals surface area contributed by atoms with Gasteiger partial charge in [0.1, 0.15) is 5.75 Å². The molecule has 0 unspecified atom stereocenters. The van der Waals surface area contributed by atoms with Gasteiger partial charge in [0.05, 0.1) is 5.56 Å². The minimum atomic E-state index is 0. The summed E-state index contributed by atoms with van der Waals surface area (Å²) in [6.45, 7) is 1.92. The molecule has 1 N–H and O–H groups in total. The number of nitrogens with one attached hydrogen (secondary N) is 1. The lowest BCUT2D eigenvalue weighted by Crippen LogP contribution is -2.43. The Morgan fingerprint density at radius 3 is 2.58 bits per heavy atom. The molecule has 0 bridgehead atoms. The van der Waals surface area contributed by atoms with Gasteiger partial charge in [-0.2, -0.15) is 0 Å². The molecule has 1 aromatic carbocycles. The maximum Gasteiger partial charge on any atom is 0.255 e. The highest BCUT2D eigenvalue weighted by molar-refractivity contribution is 9.10. The summed E-state index contributed by atoms with van der Waals surface area (Å²) in [7, 11) is 1.87. The molecule has 0 radical (unpaired) electrons. The smallest absolute Gasteiger partial charge is 0.255 e. The second-order valence-corrected chi connectivity index (χ2v) is 6.76. The zero-order valence-electron chi connectivity index (χ0n) is 14.4. The molecule has 0 spiro atoms. The third kappa shape index (κ3) is 5.84. The van der Waals surface area contributed by atoms with Crippen molar-refractivity contribution in [3.05, 3.63) is 52.6 Å². The maximum absolute atomic E-state index is 12.6. The Hall–Kier alpha value is -1.34. The fourth-order valence-corrected chi connectivity index (χ4v) is 3.16. The SMILES string of the molecule is CN(C(=O)c1ccc(Oc2cccc(Br)c2)nc1)C1CCNCC1.Cl.Cl. The van der Waals surface area contributed by atoms with Crippen molar-refractivity contribution in [3.8, 4) is 11.6 Å². The van der Waals surface area contributed by atoms with Crippen molar-refractivity contribution in [2.75, 3.05) is 20.1 Å². The molecule has 5 nitrogen and oxygen atoms in total. The lowest BCUT2D eigenvalue weighted by molar-refractivity contribution is 0.0703. The third-order valence-electron chi connectivity index (χ3n) is 4.18. The molecule has 2 heterocycles. The molecule has 8 heteroatoms. The lowest BCUT2D eigenvalue weighted by atomic mass is 10.0. The molecule has 1 amide bonds. The summed E-state index contributed by atoms with van der Waals surface area (Å²) in [6.07, 6.45) is 3.55. The van der Waals surface area contributed by atoms with E-state index in [1.807, 2.05) is 36.2 Å². The Morgan fingerprint density at radius 1 is 1.23 bits per heavy atom. The Morgan fingerprint density at radius 2 is 1.96 bits per heavy atom. The van der Waals surface area contributed by atoms with E-state index in [1.165, 1.54) is 0 Å². The van der Waals surface area contributed by atoms with E-state index in [-0.39, 0.29) is 36.8 Å². The largest absolute Gasteiger partial charge is 0.439 e. The van der Waals surface area contributed by atoms with Gasteiger partial charge in [0.15, 0.2) is 0 Å². The number of rotatable bonds is 4. The van der Waals surface area contributed by atoms with Crippen LogP contribution in [-0.4, -0.2) is 42.0 Å². The molecule has 1 aliphatic rings. The van der Waals surface area contributed by atoms with Crippen LogP contribution >= 0.6 is 40.7 Å². The Bertz CT molecular complexity index is 710. The number of carbonyl (C=O) groups is 1. The van der Waals surface area contributed by atoms with E-state index < -0.39 is 0 Å². The fourth-order valence-electron chi connectivity index (χ4n) is 2.78. The van der Waals surface area contributed by atoms with Crippen LogP contribution in [0.25, 0.3) is 0 Å². The van der Waals surface area contributed by atoms with Crippen LogP contribution in [0.15, 0.2) is 47.1 Å². The van der Waals surface area contributed by atoms with Crippen molar-refractivity contribution in [1.29, 1.82) is 0 Å². The summed E-state index contributed by atoms with van der Waals surface area (Å²) in [5, 5.41) is 3.31. The number of nitrogens with zero attached hydrogens (tertiary/aromatic N) is 2. The second-order valence-electron chi connectivity index (χ2n) is 5.84. The van der Waals surface area contributed by atoms with Gasteiger partial charge in [0.25, 0.3) is 5.91 Å². The number of pyridine rings is 1. The molecule has 142 valence electrons. The number of amides is 1. The van der Waals surface area contributed by atoms with E-state index >= 15 is 0 Å². The van der Waals surface area contributed by atoms with Gasteiger partial charge in [-0.05, 0) is 50.2 Å². The van der Waals surface area contributed by atoms with Gasteiger partial charge in [0, 0.05) is 29.8 Å². The van der Waals surface area contributed by atoms with Crippen LogP contribution in [0.4, 0.5) is 0 Å². The van der Waals surface area contributed by atoms with E-state index in [4.69, 9.17) is 4.74 Å². The Labute approximate surface area is 174 Å². The summed E-state index contributed by atoms with van der Waals surface area (Å²) < 4.78 is 6.64. The normalized spacial score (nSPS) is 13.9. The van der Waals surface area contributed by atoms with Crippen LogP contribution in [0, 0.1) is 0 Å². The van der Waals surface area contributed by atoms with E-state index in [2.05, 4.69) is 26.2 Å². The molecule has 0 aliphatic carbocycles. The number of halogens is 3. The van der Waals surface area contributed by atoms with Gasteiger partial charge in [-0.15, -0.1) is 24.8 Å². The minimum absolute atomic E-state index is 0. The number of carbonyl (C=O) groups excluding carboxylic acids is 1. The van der Waals surface area contributed by atoms with Gasteiger partial charge in [0.2, 0.25) is 5.88 Å². The van der Waals surface area contributed by atoms with Gasteiger partial charge in [-0.25, -0.2) is 4.98 Å². The van der Waals surface area contributed by atoms with Crippen molar-refractivity contribution >= 4 is 46.7 Å². The Kier molecular flexibility index (Phi) is 9.36. The van der Waals surface area contributed by atoms with Crippen LogP contribution in [0.5, 0.6) is 11.6 Å². The van der Waals surface area contributed by atoms with Crippen LogP contribution in [0.3, 0.4) is 0 Å². The van der Waals surface area contributed by atoms with E-state index in [9.17, 15) is 4.79 Å². The van der Waals surface area contributed by atoms with Crippen LogP contribution in [0.1, 0.15) is 23.2 Å². The third-order valence-corrected chi connectivity index (χ3v) is 4.67. The highest BCUT2D eigenvalue weighted by atomic mass is 79.9. The molecule has 1 aromatic heterocycles. The molecule has 26 heavy (non-hydrogen) atoms. The molecule has 1 saturated heterocycles. The average molecular weight is 463 g/mol. The fraction of sp³-hybridized carbons (Fsp3) is 0.333. The van der Waals surface area contributed by atoms with Crippen molar-refractivity contribution in [3.63, 3.8) is 0 Å². The lowest BCUT2D eigenvalue weighted by Gasteiger charge is -2.31. The van der Waals surface area contributed by atoms with Gasteiger partial charge >= 0.3 is 0 Å². The monoisotopic (exact) mass is 461 g/mol. The number of hydrogen-bond acceptors (Lipinski definition) is 4. The van der Waals surface area contributed by atoms with Gasteiger partial charge in [-0.1, -0.05) is 22.0 Å². The zero-order chi connectivity index (χ0) is 16.9. The maximum atomic E-state index is 12.6. The summed E-state index contributed by atoms with van der Waals surface area (Å²) in [5.74, 6) is 1.17. The van der Waals surface area contributed by atoms with Crippen LogP contribution < -0.4 is 10.1 Å². The van der Waals surface area contributed by atoms with Gasteiger partial charge in [-0.3, -0.25) is 4.79 Å². The minimum Gasteiger partial charge on any atom is -0.439 e. The molecule has 2 aromatic rings. The Balaban J connectivity index is 0.00000169. The summed E-state index contributed by atoms with van der Waals surface area (Å²) >= 11 is 3.40. The number of hydrogen-bond donors (Lipinski definition) is 1. The number of benzene rings is 1. The average Bonchev–Trinajstić information content (AvgIpc) is 2.62. The summed E-state index contributed by atoms with van der Waals surface area (Å²) in [4.78, 5) is 18.7. The number of aromatic nitrogens is 1. The molecule has 3 rings (SSSR count). The molecular weight excluding hydrogens is 441 g/mol. The zero-order valence-corrected chi connectivity index (χ0v) is 17.6. The van der Waals surface area contributed by atoms with Crippen molar-refractivity contribution in [2.24, 2.45) is 0 Å². The topological polar surface area (TPSA) is 54.5 Å². The first kappa shape index (κ1) is 22.7. The van der Waals surface area contributed by atoms with E-state index in [0.717, 1.165) is 30.4 Å². The number of piperidine rings is 1. The summed E-state index contributed by atoms with van der Waals surface area (Å²) in [5.41, 5.74) is 0.581. The first-order valence-electron chi connectivity index (χ1n) is 8.01. The molecule has 1 aliphatic heterocycles. The van der Waals surface area contributed by atoms with Crippen molar-refractivity contribution in [2.45, 2.75) is 18.9 Å². The predicted molar refractivity (Wildman–Crippen MR) is 111 cm³/mol. The number of ether oxygens (including phenoxy) is 1. The van der Waals surface area contributed by atoms with E-state index in [1.54, 1.807) is 18.3 Å². The molecule has 0 saturated carbocycles. The molecule has 1 fully saturated rings. The van der Waals surface area contributed by atoms with Crippen LogP contribution in [0.2, 0.25) is 0 Å². The van der Waals surface area contributed by atoms with Gasteiger partial charge < -0.3 is 15.0 Å². The standard InChI is InChI=1S/C18H20BrN3O2.2ClH/c1-22(15-7-9-20-10-8-15)18(23)13-5-6-17(21-12-13)24-16-4-2-3-14(19)11-16;;/h2-6,11-12,15,20H,7-10H2,1H3;2*1H. The van der Waals surface area contributed by atoms with Crippen LogP contribution in [-0.2, 0) is 0 Å². The molecule has 0 atom stereocenters.